The number of halogens is 2. The zero-order chi connectivity index (χ0) is 24.7. The number of hydrogen-bond acceptors (Lipinski definition) is 5. The number of carbonyl (C=O) groups excluding carboxylic acids is 2. The molecule has 178 valence electrons. The van der Waals surface area contributed by atoms with E-state index in [1.54, 1.807) is 12.1 Å². The van der Waals surface area contributed by atoms with Crippen LogP contribution in [0.15, 0.2) is 71.8 Å². The topological polar surface area (TPSA) is 108 Å². The van der Waals surface area contributed by atoms with Crippen LogP contribution in [-0.4, -0.2) is 43.1 Å². The third-order valence-corrected chi connectivity index (χ3v) is 6.67. The lowest BCUT2D eigenvalue weighted by Crippen LogP contribution is -2.28. The molecular weight excluding hydrogens is 466 g/mol. The summed E-state index contributed by atoms with van der Waals surface area (Å²) in [6, 6.07) is 12.8. The first-order chi connectivity index (χ1) is 16.2. The minimum atomic E-state index is -3.83. The molecule has 0 unspecified atom stereocenters. The Morgan fingerprint density at radius 3 is 2.32 bits per heavy atom. The van der Waals surface area contributed by atoms with Crippen molar-refractivity contribution in [3.63, 3.8) is 0 Å². The van der Waals surface area contributed by atoms with Gasteiger partial charge in [0.05, 0.1) is 16.3 Å². The summed E-state index contributed by atoms with van der Waals surface area (Å²) in [5.74, 6) is -2.19. The number of pyridine rings is 1. The highest BCUT2D eigenvalue weighted by Crippen LogP contribution is 2.24. The SMILES string of the molecule is CN(CCCC(=O)Nc1cc(F)ccc1NC(=O)c1ccccn1)S(=O)(=O)c1ccc(F)cc1. The van der Waals surface area contributed by atoms with Crippen molar-refractivity contribution in [3.8, 4) is 0 Å². The van der Waals surface area contributed by atoms with E-state index >= 15 is 0 Å². The number of nitrogens with zero attached hydrogens (tertiary/aromatic N) is 2. The fourth-order valence-corrected chi connectivity index (χ4v) is 4.20. The van der Waals surface area contributed by atoms with Crippen molar-refractivity contribution < 1.29 is 26.8 Å². The van der Waals surface area contributed by atoms with E-state index in [9.17, 15) is 26.8 Å². The number of amides is 2. The summed E-state index contributed by atoms with van der Waals surface area (Å²) in [6.07, 6.45) is 1.57. The Bertz CT molecular complexity index is 1270. The maximum absolute atomic E-state index is 13.8. The highest BCUT2D eigenvalue weighted by Gasteiger charge is 2.21. The molecule has 0 radical (unpaired) electrons. The van der Waals surface area contributed by atoms with Gasteiger partial charge in [-0.3, -0.25) is 14.6 Å². The van der Waals surface area contributed by atoms with Gasteiger partial charge in [0.1, 0.15) is 17.3 Å². The first kappa shape index (κ1) is 24.9. The highest BCUT2D eigenvalue weighted by atomic mass is 32.2. The third-order valence-electron chi connectivity index (χ3n) is 4.80. The van der Waals surface area contributed by atoms with Gasteiger partial charge in [-0.2, -0.15) is 0 Å². The molecule has 0 saturated heterocycles. The van der Waals surface area contributed by atoms with Gasteiger partial charge in [0.25, 0.3) is 5.91 Å². The van der Waals surface area contributed by atoms with Gasteiger partial charge in [0.15, 0.2) is 0 Å². The number of nitrogens with one attached hydrogen (secondary N) is 2. The van der Waals surface area contributed by atoms with Crippen LogP contribution in [0, 0.1) is 11.6 Å². The summed E-state index contributed by atoms with van der Waals surface area (Å²) in [4.78, 5) is 28.6. The second-order valence-electron chi connectivity index (χ2n) is 7.29. The second-order valence-corrected chi connectivity index (χ2v) is 9.34. The van der Waals surface area contributed by atoms with Gasteiger partial charge in [0.2, 0.25) is 15.9 Å². The monoisotopic (exact) mass is 488 g/mol. The van der Waals surface area contributed by atoms with Crippen molar-refractivity contribution >= 4 is 33.2 Å². The molecule has 1 heterocycles. The van der Waals surface area contributed by atoms with Gasteiger partial charge in [-0.15, -0.1) is 0 Å². The second kappa shape index (κ2) is 10.9. The average molecular weight is 489 g/mol. The predicted molar refractivity (Wildman–Crippen MR) is 123 cm³/mol. The van der Waals surface area contributed by atoms with E-state index in [1.807, 2.05) is 0 Å². The number of carbonyl (C=O) groups is 2. The lowest BCUT2D eigenvalue weighted by Gasteiger charge is -2.17. The summed E-state index contributed by atoms with van der Waals surface area (Å²) in [5, 5.41) is 5.11. The van der Waals surface area contributed by atoms with E-state index in [1.165, 1.54) is 37.5 Å². The number of benzene rings is 2. The molecule has 3 rings (SSSR count). The number of hydrogen-bond donors (Lipinski definition) is 2. The molecule has 0 aliphatic carbocycles. The van der Waals surface area contributed by atoms with Crippen LogP contribution in [0.5, 0.6) is 0 Å². The Kier molecular flexibility index (Phi) is 8.03. The molecular formula is C23H22F2N4O4S. The maximum atomic E-state index is 13.8. The van der Waals surface area contributed by atoms with Crippen LogP contribution < -0.4 is 10.6 Å². The summed E-state index contributed by atoms with van der Waals surface area (Å²) >= 11 is 0. The van der Waals surface area contributed by atoms with Crippen molar-refractivity contribution in [1.82, 2.24) is 9.29 Å². The maximum Gasteiger partial charge on any atom is 0.274 e. The molecule has 0 atom stereocenters. The zero-order valence-corrected chi connectivity index (χ0v) is 19.0. The van der Waals surface area contributed by atoms with Crippen molar-refractivity contribution in [3.05, 3.63) is 84.2 Å². The fourth-order valence-electron chi connectivity index (χ4n) is 2.99. The first-order valence-electron chi connectivity index (χ1n) is 10.2. The lowest BCUT2D eigenvalue weighted by atomic mass is 10.2. The van der Waals surface area contributed by atoms with Gasteiger partial charge in [-0.1, -0.05) is 6.07 Å². The van der Waals surface area contributed by atoms with Crippen molar-refractivity contribution in [2.75, 3.05) is 24.2 Å². The van der Waals surface area contributed by atoms with Gasteiger partial charge >= 0.3 is 0 Å². The fraction of sp³-hybridized carbons (Fsp3) is 0.174. The molecule has 0 bridgehead atoms. The minimum Gasteiger partial charge on any atom is -0.324 e. The molecule has 0 fully saturated rings. The zero-order valence-electron chi connectivity index (χ0n) is 18.2. The Labute approximate surface area is 195 Å². The summed E-state index contributed by atoms with van der Waals surface area (Å²) in [6.45, 7) is 0.0273. The largest absolute Gasteiger partial charge is 0.324 e. The van der Waals surface area contributed by atoms with Gasteiger partial charge in [0, 0.05) is 26.2 Å². The number of aromatic nitrogens is 1. The number of sulfonamides is 1. The van der Waals surface area contributed by atoms with Crippen LogP contribution in [0.4, 0.5) is 20.2 Å². The molecule has 8 nitrogen and oxygen atoms in total. The standard InChI is InChI=1S/C23H22F2N4O4S/c1-29(34(32,33)18-10-7-16(24)8-11-18)14-4-6-22(30)27-21-15-17(25)9-12-19(21)28-23(31)20-5-2-3-13-26-20/h2-3,5,7-13,15H,4,6,14H2,1H3,(H,27,30)(H,28,31). The molecule has 34 heavy (non-hydrogen) atoms. The predicted octanol–water partition coefficient (Wildman–Crippen LogP) is 3.65. The Balaban J connectivity index is 1.59. The van der Waals surface area contributed by atoms with E-state index < -0.39 is 33.5 Å². The van der Waals surface area contributed by atoms with Crippen LogP contribution in [0.2, 0.25) is 0 Å². The van der Waals surface area contributed by atoms with Crippen LogP contribution in [0.1, 0.15) is 23.3 Å². The first-order valence-corrected chi connectivity index (χ1v) is 11.6. The molecule has 2 N–H and O–H groups in total. The van der Waals surface area contributed by atoms with Gasteiger partial charge < -0.3 is 10.6 Å². The summed E-state index contributed by atoms with van der Waals surface area (Å²) in [7, 11) is -2.48. The lowest BCUT2D eigenvalue weighted by molar-refractivity contribution is -0.116. The molecule has 1 aromatic heterocycles. The number of anilines is 2. The summed E-state index contributed by atoms with van der Waals surface area (Å²) < 4.78 is 52.9. The quantitative estimate of drug-likeness (QED) is 0.478. The Morgan fingerprint density at radius 2 is 1.65 bits per heavy atom. The molecule has 2 aromatic carbocycles. The van der Waals surface area contributed by atoms with E-state index in [0.717, 1.165) is 28.6 Å². The van der Waals surface area contributed by atoms with Crippen LogP contribution in [0.3, 0.4) is 0 Å². The van der Waals surface area contributed by atoms with Crippen molar-refractivity contribution in [2.24, 2.45) is 0 Å². The van der Waals surface area contributed by atoms with Gasteiger partial charge in [-0.05, 0) is 61.0 Å². The van der Waals surface area contributed by atoms with Crippen LogP contribution in [0.25, 0.3) is 0 Å². The Hall–Kier alpha value is -3.70. The van der Waals surface area contributed by atoms with Crippen LogP contribution >= 0.6 is 0 Å². The number of rotatable bonds is 9. The van der Waals surface area contributed by atoms with E-state index in [4.69, 9.17) is 0 Å². The van der Waals surface area contributed by atoms with Crippen molar-refractivity contribution in [1.29, 1.82) is 0 Å². The average Bonchev–Trinajstić information content (AvgIpc) is 2.81. The van der Waals surface area contributed by atoms with Crippen molar-refractivity contribution in [2.45, 2.75) is 17.7 Å². The minimum absolute atomic E-state index is 0.0273. The van der Waals surface area contributed by atoms with E-state index in [2.05, 4.69) is 15.6 Å². The van der Waals surface area contributed by atoms with E-state index in [-0.39, 0.29) is 41.4 Å². The molecule has 11 heteroatoms. The molecule has 2 amide bonds. The molecule has 3 aromatic rings. The molecule has 0 saturated carbocycles. The smallest absolute Gasteiger partial charge is 0.274 e. The van der Waals surface area contributed by atoms with Crippen LogP contribution in [-0.2, 0) is 14.8 Å². The Morgan fingerprint density at radius 1 is 0.941 bits per heavy atom. The normalized spacial score (nSPS) is 11.3. The molecule has 0 aliphatic rings. The molecule has 0 spiro atoms. The molecule has 0 aliphatic heterocycles. The third kappa shape index (κ3) is 6.42. The van der Waals surface area contributed by atoms with E-state index in [0.29, 0.717) is 0 Å². The van der Waals surface area contributed by atoms with Gasteiger partial charge in [-0.25, -0.2) is 21.5 Å². The highest BCUT2D eigenvalue weighted by molar-refractivity contribution is 7.89. The summed E-state index contributed by atoms with van der Waals surface area (Å²) in [5.41, 5.74) is 0.387.